The summed E-state index contributed by atoms with van der Waals surface area (Å²) in [6, 6.07) is 23.7. The molecule has 5 nitrogen and oxygen atoms in total. The molecule has 0 aliphatic rings. The molecular formula is C21H13N3O2. The van der Waals surface area contributed by atoms with Crippen LogP contribution in [0.15, 0.2) is 77.3 Å². The lowest BCUT2D eigenvalue weighted by molar-refractivity contribution is 0.102. The first-order valence-electron chi connectivity index (χ1n) is 8.01. The molecule has 5 heteroatoms. The van der Waals surface area contributed by atoms with E-state index in [4.69, 9.17) is 9.78 Å². The lowest BCUT2D eigenvalue weighted by Crippen LogP contribution is -2.11. The number of anilines is 1. The van der Waals surface area contributed by atoms with Crippen molar-refractivity contribution in [2.24, 2.45) is 0 Å². The van der Waals surface area contributed by atoms with Crippen LogP contribution < -0.4 is 5.32 Å². The Morgan fingerprint density at radius 3 is 2.65 bits per heavy atom. The molecular weight excluding hydrogens is 326 g/mol. The molecule has 26 heavy (non-hydrogen) atoms. The van der Waals surface area contributed by atoms with Crippen molar-refractivity contribution in [2.75, 3.05) is 5.32 Å². The van der Waals surface area contributed by atoms with Gasteiger partial charge < -0.3 is 9.84 Å². The number of nitriles is 1. The van der Waals surface area contributed by atoms with Crippen LogP contribution in [0, 0.1) is 11.3 Å². The van der Waals surface area contributed by atoms with Gasteiger partial charge in [-0.25, -0.2) is 0 Å². The molecule has 0 radical (unpaired) electrons. The number of nitrogens with zero attached hydrogens (tertiary/aromatic N) is 2. The SMILES string of the molecule is N#Cc1cccc(NC(=O)c2ccc3noc(-c4ccccc4)c3c2)c1. The summed E-state index contributed by atoms with van der Waals surface area (Å²) < 4.78 is 5.47. The highest BCUT2D eigenvalue weighted by atomic mass is 16.5. The van der Waals surface area contributed by atoms with Gasteiger partial charge in [-0.1, -0.05) is 41.6 Å². The zero-order chi connectivity index (χ0) is 17.9. The third-order valence-corrected chi connectivity index (χ3v) is 4.02. The standard InChI is InChI=1S/C21H13N3O2/c22-13-14-5-4-8-17(11-14)23-21(25)16-9-10-19-18(12-16)20(26-24-19)15-6-2-1-3-7-15/h1-12H,(H,23,25). The van der Waals surface area contributed by atoms with Crippen molar-refractivity contribution in [2.45, 2.75) is 0 Å². The van der Waals surface area contributed by atoms with E-state index in [-0.39, 0.29) is 5.91 Å². The number of nitrogens with one attached hydrogen (secondary N) is 1. The third-order valence-electron chi connectivity index (χ3n) is 4.02. The molecule has 0 aliphatic carbocycles. The van der Waals surface area contributed by atoms with Gasteiger partial charge in [0.25, 0.3) is 5.91 Å². The minimum atomic E-state index is -0.262. The third kappa shape index (κ3) is 2.92. The Bertz CT molecular complexity index is 1140. The van der Waals surface area contributed by atoms with Gasteiger partial charge in [0.05, 0.1) is 17.0 Å². The van der Waals surface area contributed by atoms with E-state index in [9.17, 15) is 4.79 Å². The zero-order valence-electron chi connectivity index (χ0n) is 13.6. The number of aromatic nitrogens is 1. The first-order chi connectivity index (χ1) is 12.7. The molecule has 1 heterocycles. The Morgan fingerprint density at radius 2 is 1.85 bits per heavy atom. The van der Waals surface area contributed by atoms with Crippen LogP contribution in [0.5, 0.6) is 0 Å². The van der Waals surface area contributed by atoms with Gasteiger partial charge in [0.1, 0.15) is 5.52 Å². The molecule has 124 valence electrons. The van der Waals surface area contributed by atoms with E-state index in [1.165, 1.54) is 0 Å². The van der Waals surface area contributed by atoms with Crippen molar-refractivity contribution in [3.63, 3.8) is 0 Å². The zero-order valence-corrected chi connectivity index (χ0v) is 13.6. The molecule has 0 aliphatic heterocycles. The summed E-state index contributed by atoms with van der Waals surface area (Å²) >= 11 is 0. The first kappa shape index (κ1) is 15.6. The van der Waals surface area contributed by atoms with Gasteiger partial charge in [0.15, 0.2) is 5.76 Å². The molecule has 1 amide bonds. The second-order valence-electron chi connectivity index (χ2n) is 5.76. The Morgan fingerprint density at radius 1 is 1.00 bits per heavy atom. The molecule has 3 aromatic carbocycles. The van der Waals surface area contributed by atoms with Gasteiger partial charge in [-0.2, -0.15) is 5.26 Å². The van der Waals surface area contributed by atoms with E-state index >= 15 is 0 Å². The van der Waals surface area contributed by atoms with Gasteiger partial charge in [-0.15, -0.1) is 0 Å². The number of carbonyl (C=O) groups is 1. The fourth-order valence-corrected chi connectivity index (χ4v) is 2.75. The Labute approximate surface area is 149 Å². The maximum atomic E-state index is 12.6. The summed E-state index contributed by atoms with van der Waals surface area (Å²) in [6.07, 6.45) is 0. The summed E-state index contributed by atoms with van der Waals surface area (Å²) in [7, 11) is 0. The smallest absolute Gasteiger partial charge is 0.255 e. The minimum absolute atomic E-state index is 0.262. The highest BCUT2D eigenvalue weighted by Gasteiger charge is 2.14. The first-order valence-corrected chi connectivity index (χ1v) is 8.01. The molecule has 1 N–H and O–H groups in total. The van der Waals surface area contributed by atoms with E-state index in [0.717, 1.165) is 10.9 Å². The Balaban J connectivity index is 1.68. The molecule has 4 rings (SSSR count). The predicted molar refractivity (Wildman–Crippen MR) is 98.6 cm³/mol. The van der Waals surface area contributed by atoms with E-state index in [0.29, 0.717) is 28.1 Å². The van der Waals surface area contributed by atoms with Crippen LogP contribution in [0.4, 0.5) is 5.69 Å². The molecule has 0 atom stereocenters. The molecule has 0 saturated heterocycles. The average Bonchev–Trinajstić information content (AvgIpc) is 3.12. The lowest BCUT2D eigenvalue weighted by Gasteiger charge is -2.05. The fraction of sp³-hybridized carbons (Fsp3) is 0. The van der Waals surface area contributed by atoms with Gasteiger partial charge >= 0.3 is 0 Å². The Kier molecular flexibility index (Phi) is 3.92. The minimum Gasteiger partial charge on any atom is -0.355 e. The van der Waals surface area contributed by atoms with Gasteiger partial charge in [0, 0.05) is 16.8 Å². The molecule has 0 spiro atoms. The van der Waals surface area contributed by atoms with Gasteiger partial charge in [-0.3, -0.25) is 4.79 Å². The number of amides is 1. The number of fused-ring (bicyclic) bond motifs is 1. The highest BCUT2D eigenvalue weighted by Crippen LogP contribution is 2.29. The molecule has 0 bridgehead atoms. The predicted octanol–water partition coefficient (Wildman–Crippen LogP) is 4.62. The molecule has 0 saturated carbocycles. The van der Waals surface area contributed by atoms with E-state index in [1.807, 2.05) is 30.3 Å². The van der Waals surface area contributed by atoms with E-state index < -0.39 is 0 Å². The van der Waals surface area contributed by atoms with Crippen molar-refractivity contribution in [1.29, 1.82) is 5.26 Å². The largest absolute Gasteiger partial charge is 0.355 e. The quantitative estimate of drug-likeness (QED) is 0.591. The molecule has 0 unspecified atom stereocenters. The van der Waals surface area contributed by atoms with Crippen molar-refractivity contribution in [3.05, 3.63) is 83.9 Å². The molecule has 1 aromatic heterocycles. The average molecular weight is 339 g/mol. The normalized spacial score (nSPS) is 10.4. The maximum absolute atomic E-state index is 12.6. The van der Waals surface area contributed by atoms with Crippen molar-refractivity contribution in [3.8, 4) is 17.4 Å². The summed E-state index contributed by atoms with van der Waals surface area (Å²) in [5, 5.41) is 16.6. The highest BCUT2D eigenvalue weighted by molar-refractivity contribution is 6.07. The maximum Gasteiger partial charge on any atom is 0.255 e. The van der Waals surface area contributed by atoms with Crippen molar-refractivity contribution >= 4 is 22.5 Å². The summed E-state index contributed by atoms with van der Waals surface area (Å²) in [4.78, 5) is 12.6. The number of carbonyl (C=O) groups excluding carboxylic acids is 1. The number of hydrogen-bond donors (Lipinski definition) is 1. The van der Waals surface area contributed by atoms with Crippen LogP contribution >= 0.6 is 0 Å². The van der Waals surface area contributed by atoms with E-state index in [1.54, 1.807) is 42.5 Å². The van der Waals surface area contributed by atoms with Crippen LogP contribution in [0.3, 0.4) is 0 Å². The summed E-state index contributed by atoms with van der Waals surface area (Å²) in [5.41, 5.74) is 3.13. The van der Waals surface area contributed by atoms with Crippen molar-refractivity contribution < 1.29 is 9.32 Å². The topological polar surface area (TPSA) is 78.9 Å². The van der Waals surface area contributed by atoms with Gasteiger partial charge in [0.2, 0.25) is 0 Å². The summed E-state index contributed by atoms with van der Waals surface area (Å²) in [5.74, 6) is 0.365. The number of rotatable bonds is 3. The molecule has 4 aromatic rings. The van der Waals surface area contributed by atoms with Crippen LogP contribution in [-0.4, -0.2) is 11.1 Å². The van der Waals surface area contributed by atoms with Crippen molar-refractivity contribution in [1.82, 2.24) is 5.16 Å². The van der Waals surface area contributed by atoms with Crippen LogP contribution in [-0.2, 0) is 0 Å². The fourth-order valence-electron chi connectivity index (χ4n) is 2.75. The number of benzene rings is 3. The molecule has 0 fully saturated rings. The van der Waals surface area contributed by atoms with Crippen LogP contribution in [0.1, 0.15) is 15.9 Å². The second-order valence-corrected chi connectivity index (χ2v) is 5.76. The lowest BCUT2D eigenvalue weighted by atomic mass is 10.1. The second kappa shape index (κ2) is 6.54. The van der Waals surface area contributed by atoms with Gasteiger partial charge in [-0.05, 0) is 36.4 Å². The van der Waals surface area contributed by atoms with Crippen LogP contribution in [0.2, 0.25) is 0 Å². The summed E-state index contributed by atoms with van der Waals surface area (Å²) in [6.45, 7) is 0. The van der Waals surface area contributed by atoms with E-state index in [2.05, 4.69) is 16.5 Å². The number of hydrogen-bond acceptors (Lipinski definition) is 4. The Hall–Kier alpha value is -3.91. The van der Waals surface area contributed by atoms with Crippen LogP contribution in [0.25, 0.3) is 22.2 Å². The monoisotopic (exact) mass is 339 g/mol.